The predicted molar refractivity (Wildman–Crippen MR) is 113 cm³/mol. The molecule has 1 aromatic heterocycles. The molecule has 1 aromatic carbocycles. The maximum atomic E-state index is 12.1. The summed E-state index contributed by atoms with van der Waals surface area (Å²) in [4.78, 5) is 12.1. The number of carbonyl (C=O) groups excluding carboxylic acids is 1. The van der Waals surface area contributed by atoms with E-state index < -0.39 is 8.07 Å². The van der Waals surface area contributed by atoms with Crippen LogP contribution < -0.4 is 4.74 Å². The van der Waals surface area contributed by atoms with Crippen molar-refractivity contribution in [2.24, 2.45) is 0 Å². The highest BCUT2D eigenvalue weighted by Crippen LogP contribution is 2.23. The largest absolute Gasteiger partial charge is 0.497 e. The van der Waals surface area contributed by atoms with Crippen LogP contribution in [0.4, 0.5) is 0 Å². The van der Waals surface area contributed by atoms with Crippen LogP contribution >= 0.6 is 0 Å². The second kappa shape index (κ2) is 9.75. The number of ether oxygens (including phenoxy) is 3. The first-order valence-corrected chi connectivity index (χ1v) is 12.8. The van der Waals surface area contributed by atoms with Crippen molar-refractivity contribution in [3.63, 3.8) is 0 Å². The molecule has 0 aliphatic heterocycles. The Bertz CT molecular complexity index is 812. The molecule has 0 saturated carbocycles. The van der Waals surface area contributed by atoms with Gasteiger partial charge in [-0.15, -0.1) is 0 Å². The molecule has 0 aliphatic rings. The van der Waals surface area contributed by atoms with E-state index in [0.717, 1.165) is 11.3 Å². The Kier molecular flexibility index (Phi) is 7.66. The van der Waals surface area contributed by atoms with Gasteiger partial charge in [0.25, 0.3) is 0 Å². The Morgan fingerprint density at radius 3 is 2.39 bits per heavy atom. The molecule has 0 atom stereocenters. The molecule has 152 valence electrons. The van der Waals surface area contributed by atoms with E-state index in [1.54, 1.807) is 13.2 Å². The van der Waals surface area contributed by atoms with Gasteiger partial charge in [0.05, 0.1) is 35.5 Å². The monoisotopic (exact) mass is 402 g/mol. The van der Waals surface area contributed by atoms with E-state index in [-0.39, 0.29) is 5.97 Å². The Hall–Kier alpha value is -2.31. The summed E-state index contributed by atoms with van der Waals surface area (Å²) in [5.74, 6) is 1.71. The third-order valence-corrected chi connectivity index (χ3v) is 7.19. The number of furan rings is 1. The van der Waals surface area contributed by atoms with E-state index in [0.29, 0.717) is 36.7 Å². The van der Waals surface area contributed by atoms with Crippen LogP contribution in [0.3, 0.4) is 0 Å². The lowest BCUT2D eigenvalue weighted by Gasteiger charge is -2.16. The van der Waals surface area contributed by atoms with E-state index >= 15 is 0 Å². The van der Waals surface area contributed by atoms with Crippen molar-refractivity contribution in [2.75, 3.05) is 20.8 Å². The van der Waals surface area contributed by atoms with Gasteiger partial charge in [-0.05, 0) is 36.8 Å². The summed E-state index contributed by atoms with van der Waals surface area (Å²) in [7, 11) is 1.61. The molecule has 0 aliphatic carbocycles. The summed E-state index contributed by atoms with van der Waals surface area (Å²) < 4.78 is 21.7. The minimum atomic E-state index is -1.41. The zero-order valence-electron chi connectivity index (χ0n) is 17.6. The number of rotatable bonds is 9. The second-order valence-electron chi connectivity index (χ2n) is 7.71. The molecule has 0 radical (unpaired) electrons. The molecule has 1 heterocycles. The summed E-state index contributed by atoms with van der Waals surface area (Å²) in [5.41, 5.74) is 1.52. The molecule has 0 fully saturated rings. The Morgan fingerprint density at radius 1 is 1.14 bits per heavy atom. The van der Waals surface area contributed by atoms with Gasteiger partial charge in [0.15, 0.2) is 0 Å². The van der Waals surface area contributed by atoms with Gasteiger partial charge in [0.1, 0.15) is 22.8 Å². The fourth-order valence-electron chi connectivity index (χ4n) is 2.50. The first kappa shape index (κ1) is 22.0. The Morgan fingerprint density at radius 2 is 1.82 bits per heavy atom. The standard InChI is InChI=1S/C22H30O5Si/c1-16(28(4,5)6)13-19-14-20(22(23)25-3)21(27-19)11-12-26-15-17-7-9-18(24-2)10-8-17/h7-10,13-14H,11-12,15H2,1-6H3/b16-13-. The average molecular weight is 403 g/mol. The van der Waals surface area contributed by atoms with E-state index in [2.05, 4.69) is 26.6 Å². The molecule has 5 nitrogen and oxygen atoms in total. The fraction of sp³-hybridized carbons (Fsp3) is 0.409. The molecule has 0 amide bonds. The van der Waals surface area contributed by atoms with E-state index in [1.807, 2.05) is 30.3 Å². The topological polar surface area (TPSA) is 57.9 Å². The minimum absolute atomic E-state index is 0.390. The van der Waals surface area contributed by atoms with Crippen LogP contribution in [0.1, 0.15) is 34.4 Å². The molecule has 2 rings (SSSR count). The summed E-state index contributed by atoms with van der Waals surface area (Å²) in [6.07, 6.45) is 2.53. The summed E-state index contributed by atoms with van der Waals surface area (Å²) in [6, 6.07) is 9.50. The number of benzene rings is 1. The van der Waals surface area contributed by atoms with Crippen molar-refractivity contribution < 1.29 is 23.4 Å². The van der Waals surface area contributed by atoms with Gasteiger partial charge in [-0.2, -0.15) is 0 Å². The van der Waals surface area contributed by atoms with Gasteiger partial charge in [-0.3, -0.25) is 0 Å². The summed E-state index contributed by atoms with van der Waals surface area (Å²) in [6.45, 7) is 9.87. The molecule has 0 spiro atoms. The summed E-state index contributed by atoms with van der Waals surface area (Å²) in [5, 5.41) is 1.31. The predicted octanol–water partition coefficient (Wildman–Crippen LogP) is 5.11. The zero-order valence-corrected chi connectivity index (χ0v) is 18.6. The molecular weight excluding hydrogens is 372 g/mol. The average Bonchev–Trinajstić information content (AvgIpc) is 3.07. The number of esters is 1. The van der Waals surface area contributed by atoms with Crippen LogP contribution in [0.15, 0.2) is 39.9 Å². The van der Waals surface area contributed by atoms with Crippen LogP contribution in [-0.2, 0) is 22.5 Å². The minimum Gasteiger partial charge on any atom is -0.497 e. The SMILES string of the molecule is COC(=O)c1cc(/C=C(/C)[Si](C)(C)C)oc1CCOCc1ccc(OC)cc1. The highest BCUT2D eigenvalue weighted by atomic mass is 28.3. The van der Waals surface area contributed by atoms with Crippen LogP contribution in [0, 0.1) is 0 Å². The summed E-state index contributed by atoms with van der Waals surface area (Å²) >= 11 is 0. The van der Waals surface area contributed by atoms with E-state index in [9.17, 15) is 4.79 Å². The van der Waals surface area contributed by atoms with Crippen molar-refractivity contribution in [3.8, 4) is 5.75 Å². The van der Waals surface area contributed by atoms with Crippen molar-refractivity contribution in [1.29, 1.82) is 0 Å². The number of allylic oxidation sites excluding steroid dienone is 1. The maximum Gasteiger partial charge on any atom is 0.341 e. The van der Waals surface area contributed by atoms with Crippen molar-refractivity contribution in [3.05, 3.63) is 58.2 Å². The third-order valence-electron chi connectivity index (χ3n) is 4.68. The van der Waals surface area contributed by atoms with Crippen LogP contribution in [-0.4, -0.2) is 34.9 Å². The first-order chi connectivity index (χ1) is 13.2. The van der Waals surface area contributed by atoms with Crippen molar-refractivity contribution in [2.45, 2.75) is 39.6 Å². The van der Waals surface area contributed by atoms with E-state index in [1.165, 1.54) is 12.3 Å². The number of hydrogen-bond donors (Lipinski definition) is 0. The van der Waals surface area contributed by atoms with Gasteiger partial charge in [0, 0.05) is 6.42 Å². The van der Waals surface area contributed by atoms with Crippen LogP contribution in [0.2, 0.25) is 19.6 Å². The van der Waals surface area contributed by atoms with Gasteiger partial charge in [0.2, 0.25) is 0 Å². The number of methoxy groups -OCH3 is 2. The number of hydrogen-bond acceptors (Lipinski definition) is 5. The van der Waals surface area contributed by atoms with Crippen molar-refractivity contribution >= 4 is 20.1 Å². The lowest BCUT2D eigenvalue weighted by Crippen LogP contribution is -2.21. The first-order valence-electron chi connectivity index (χ1n) is 9.35. The van der Waals surface area contributed by atoms with Gasteiger partial charge in [-0.25, -0.2) is 4.79 Å². The maximum absolute atomic E-state index is 12.1. The molecule has 6 heteroatoms. The Labute approximate surface area is 168 Å². The van der Waals surface area contributed by atoms with Crippen LogP contribution in [0.25, 0.3) is 6.08 Å². The molecule has 0 N–H and O–H groups in total. The molecule has 2 aromatic rings. The highest BCUT2D eigenvalue weighted by molar-refractivity contribution is 6.83. The van der Waals surface area contributed by atoms with Gasteiger partial charge in [-0.1, -0.05) is 37.0 Å². The molecular formula is C22H30O5Si. The molecule has 0 saturated heterocycles. The molecule has 28 heavy (non-hydrogen) atoms. The zero-order chi connectivity index (χ0) is 20.7. The van der Waals surface area contributed by atoms with Crippen LogP contribution in [0.5, 0.6) is 5.75 Å². The van der Waals surface area contributed by atoms with Gasteiger partial charge < -0.3 is 18.6 Å². The lowest BCUT2D eigenvalue weighted by molar-refractivity contribution is 0.0596. The lowest BCUT2D eigenvalue weighted by atomic mass is 10.2. The third kappa shape index (κ3) is 6.11. The van der Waals surface area contributed by atoms with Crippen molar-refractivity contribution in [1.82, 2.24) is 0 Å². The number of carbonyl (C=O) groups is 1. The quantitative estimate of drug-likeness (QED) is 0.331. The smallest absolute Gasteiger partial charge is 0.341 e. The highest BCUT2D eigenvalue weighted by Gasteiger charge is 2.20. The molecule has 0 bridgehead atoms. The van der Waals surface area contributed by atoms with E-state index in [4.69, 9.17) is 18.6 Å². The Balaban J connectivity index is 2.03. The molecule has 0 unspecified atom stereocenters. The van der Waals surface area contributed by atoms with Gasteiger partial charge >= 0.3 is 5.97 Å². The fourth-order valence-corrected chi connectivity index (χ4v) is 3.07. The normalized spacial score (nSPS) is 12.1. The second-order valence-corrected chi connectivity index (χ2v) is 13.0.